The van der Waals surface area contributed by atoms with Crippen LogP contribution in [0.25, 0.3) is 0 Å². The Morgan fingerprint density at radius 3 is 2.84 bits per heavy atom. The van der Waals surface area contributed by atoms with Gasteiger partial charge in [0.25, 0.3) is 0 Å². The molecule has 0 aliphatic heterocycles. The van der Waals surface area contributed by atoms with Gasteiger partial charge >= 0.3 is 0 Å². The lowest BCUT2D eigenvalue weighted by Crippen LogP contribution is -2.23. The minimum atomic E-state index is -0.0135. The van der Waals surface area contributed by atoms with Crippen molar-refractivity contribution in [2.75, 3.05) is 13.7 Å². The van der Waals surface area contributed by atoms with Gasteiger partial charge in [-0.2, -0.15) is 0 Å². The van der Waals surface area contributed by atoms with Gasteiger partial charge in [0.1, 0.15) is 5.75 Å². The van der Waals surface area contributed by atoms with Crippen molar-refractivity contribution in [2.45, 2.75) is 39.2 Å². The first-order chi connectivity index (χ1) is 9.08. The molecule has 4 nitrogen and oxygen atoms in total. The first kappa shape index (κ1) is 15.5. The van der Waals surface area contributed by atoms with Crippen molar-refractivity contribution in [3.63, 3.8) is 0 Å². The zero-order valence-electron chi connectivity index (χ0n) is 12.0. The molecule has 0 heterocycles. The van der Waals surface area contributed by atoms with Crippen LogP contribution in [-0.4, -0.2) is 25.6 Å². The fourth-order valence-electron chi connectivity index (χ4n) is 1.88. The van der Waals surface area contributed by atoms with E-state index < -0.39 is 0 Å². The van der Waals surface area contributed by atoms with Crippen LogP contribution < -0.4 is 15.8 Å². The second-order valence-corrected chi connectivity index (χ2v) is 4.71. The number of benzene rings is 1. The molecule has 1 atom stereocenters. The van der Waals surface area contributed by atoms with Crippen LogP contribution in [0.4, 0.5) is 0 Å². The van der Waals surface area contributed by atoms with E-state index in [1.54, 1.807) is 7.05 Å². The molecule has 0 saturated carbocycles. The van der Waals surface area contributed by atoms with Crippen LogP contribution in [0.1, 0.15) is 30.9 Å². The second kappa shape index (κ2) is 7.79. The Morgan fingerprint density at radius 1 is 1.47 bits per heavy atom. The molecule has 1 aromatic rings. The van der Waals surface area contributed by atoms with Gasteiger partial charge in [0.15, 0.2) is 0 Å². The molecule has 0 radical (unpaired) electrons. The monoisotopic (exact) mass is 264 g/mol. The quantitative estimate of drug-likeness (QED) is 0.789. The molecule has 0 aliphatic rings. The van der Waals surface area contributed by atoms with E-state index in [-0.39, 0.29) is 11.9 Å². The van der Waals surface area contributed by atoms with Crippen molar-refractivity contribution < 1.29 is 9.53 Å². The molecule has 1 aromatic carbocycles. The molecule has 106 valence electrons. The molecule has 1 unspecified atom stereocenters. The van der Waals surface area contributed by atoms with Crippen LogP contribution in [0.5, 0.6) is 5.75 Å². The average molecular weight is 264 g/mol. The average Bonchev–Trinajstić information content (AvgIpc) is 2.41. The first-order valence-corrected chi connectivity index (χ1v) is 6.75. The van der Waals surface area contributed by atoms with Gasteiger partial charge in [-0.25, -0.2) is 0 Å². The minimum Gasteiger partial charge on any atom is -0.492 e. The summed E-state index contributed by atoms with van der Waals surface area (Å²) in [4.78, 5) is 11.2. The number of para-hydroxylation sites is 1. The number of nitrogens with two attached hydrogens (primary N) is 1. The molecule has 3 N–H and O–H groups in total. The summed E-state index contributed by atoms with van der Waals surface area (Å²) in [6.07, 6.45) is 2.10. The summed E-state index contributed by atoms with van der Waals surface area (Å²) in [7, 11) is 1.63. The molecule has 0 fully saturated rings. The number of hydrogen-bond donors (Lipinski definition) is 2. The number of nitrogens with one attached hydrogen (secondary N) is 1. The van der Waals surface area contributed by atoms with Crippen molar-refractivity contribution >= 4 is 5.91 Å². The minimum absolute atomic E-state index is 0.0135. The van der Waals surface area contributed by atoms with Crippen LogP contribution in [0.3, 0.4) is 0 Å². The topological polar surface area (TPSA) is 64.3 Å². The van der Waals surface area contributed by atoms with E-state index in [0.29, 0.717) is 13.0 Å². The highest BCUT2D eigenvalue weighted by molar-refractivity contribution is 5.75. The normalized spacial score (nSPS) is 12.0. The number of carbonyl (C=O) groups excluding carboxylic acids is 1. The maximum Gasteiger partial charge on any atom is 0.223 e. The largest absolute Gasteiger partial charge is 0.492 e. The highest BCUT2D eigenvalue weighted by atomic mass is 16.5. The highest BCUT2D eigenvalue weighted by Crippen LogP contribution is 2.25. The smallest absolute Gasteiger partial charge is 0.223 e. The maximum atomic E-state index is 11.2. The van der Waals surface area contributed by atoms with Gasteiger partial charge < -0.3 is 15.8 Å². The summed E-state index contributed by atoms with van der Waals surface area (Å²) >= 11 is 0. The molecule has 1 amide bonds. The molecule has 0 aromatic heterocycles. The van der Waals surface area contributed by atoms with Gasteiger partial charge in [0.2, 0.25) is 5.91 Å². The van der Waals surface area contributed by atoms with Crippen LogP contribution in [0.2, 0.25) is 0 Å². The highest BCUT2D eigenvalue weighted by Gasteiger charge is 2.10. The van der Waals surface area contributed by atoms with Crippen LogP contribution in [0.15, 0.2) is 18.2 Å². The Balaban J connectivity index is 2.71. The van der Waals surface area contributed by atoms with Gasteiger partial charge in [-0.1, -0.05) is 25.1 Å². The lowest BCUT2D eigenvalue weighted by atomic mass is 10.0. The standard InChI is InChI=1S/C15H24N2O2/c1-4-13(16)10-12-7-5-6-11(2)15(12)19-9-8-14(18)17-3/h5-7,13H,4,8-10,16H2,1-3H3,(H,17,18). The molecule has 0 bridgehead atoms. The molecular weight excluding hydrogens is 240 g/mol. The Labute approximate surface area is 115 Å². The van der Waals surface area contributed by atoms with Crippen LogP contribution >= 0.6 is 0 Å². The number of hydrogen-bond acceptors (Lipinski definition) is 3. The summed E-state index contributed by atoms with van der Waals surface area (Å²) in [5.74, 6) is 0.857. The van der Waals surface area contributed by atoms with Gasteiger partial charge in [0, 0.05) is 13.1 Å². The molecule has 19 heavy (non-hydrogen) atoms. The Morgan fingerprint density at radius 2 is 2.21 bits per heavy atom. The lowest BCUT2D eigenvalue weighted by Gasteiger charge is -2.16. The van der Waals surface area contributed by atoms with Crippen LogP contribution in [0, 0.1) is 6.92 Å². The lowest BCUT2D eigenvalue weighted by molar-refractivity contribution is -0.121. The maximum absolute atomic E-state index is 11.2. The first-order valence-electron chi connectivity index (χ1n) is 6.75. The predicted molar refractivity (Wildman–Crippen MR) is 77.3 cm³/mol. The summed E-state index contributed by atoms with van der Waals surface area (Å²) in [5.41, 5.74) is 8.20. The third-order valence-electron chi connectivity index (χ3n) is 3.15. The fourth-order valence-corrected chi connectivity index (χ4v) is 1.88. The van der Waals surface area contributed by atoms with E-state index in [1.807, 2.05) is 25.1 Å². The Hall–Kier alpha value is -1.55. The van der Waals surface area contributed by atoms with Gasteiger partial charge in [-0.05, 0) is 30.9 Å². The number of aryl methyl sites for hydroxylation is 1. The molecule has 0 aliphatic carbocycles. The summed E-state index contributed by atoms with van der Waals surface area (Å²) in [6.45, 7) is 4.47. The molecule has 4 heteroatoms. The third-order valence-corrected chi connectivity index (χ3v) is 3.15. The van der Waals surface area contributed by atoms with Gasteiger partial charge in [-0.15, -0.1) is 0 Å². The number of rotatable bonds is 7. The number of carbonyl (C=O) groups is 1. The second-order valence-electron chi connectivity index (χ2n) is 4.71. The van der Waals surface area contributed by atoms with E-state index in [2.05, 4.69) is 12.2 Å². The van der Waals surface area contributed by atoms with E-state index in [9.17, 15) is 4.79 Å². The van der Waals surface area contributed by atoms with Crippen molar-refractivity contribution in [1.29, 1.82) is 0 Å². The van der Waals surface area contributed by atoms with Crippen LogP contribution in [-0.2, 0) is 11.2 Å². The van der Waals surface area contributed by atoms with E-state index in [4.69, 9.17) is 10.5 Å². The van der Waals surface area contributed by atoms with Gasteiger partial charge in [0.05, 0.1) is 13.0 Å². The summed E-state index contributed by atoms with van der Waals surface area (Å²) in [6, 6.07) is 6.20. The van der Waals surface area contributed by atoms with E-state index >= 15 is 0 Å². The van der Waals surface area contributed by atoms with Crippen molar-refractivity contribution in [2.24, 2.45) is 5.73 Å². The Bertz CT molecular complexity index is 419. The third kappa shape index (κ3) is 4.91. The number of amides is 1. The summed E-state index contributed by atoms with van der Waals surface area (Å²) in [5, 5.41) is 2.58. The predicted octanol–water partition coefficient (Wildman–Crippen LogP) is 1.79. The molecule has 1 rings (SSSR count). The molecule has 0 saturated heterocycles. The summed E-state index contributed by atoms with van der Waals surface area (Å²) < 4.78 is 5.77. The molecule has 0 spiro atoms. The molecular formula is C15H24N2O2. The van der Waals surface area contributed by atoms with Gasteiger partial charge in [-0.3, -0.25) is 4.79 Å². The zero-order chi connectivity index (χ0) is 14.3. The zero-order valence-corrected chi connectivity index (χ0v) is 12.0. The fraction of sp³-hybridized carbons (Fsp3) is 0.533. The Kier molecular flexibility index (Phi) is 6.36. The van der Waals surface area contributed by atoms with E-state index in [1.165, 1.54) is 0 Å². The van der Waals surface area contributed by atoms with E-state index in [0.717, 1.165) is 29.7 Å². The van der Waals surface area contributed by atoms with Crippen molar-refractivity contribution in [3.8, 4) is 5.75 Å². The SMILES string of the molecule is CCC(N)Cc1cccc(C)c1OCCC(=O)NC. The van der Waals surface area contributed by atoms with Crippen molar-refractivity contribution in [3.05, 3.63) is 29.3 Å². The number of ether oxygens (including phenoxy) is 1. The van der Waals surface area contributed by atoms with Crippen molar-refractivity contribution in [1.82, 2.24) is 5.32 Å².